The molecule has 0 aromatic heterocycles. The average molecular weight is 387 g/mol. The van der Waals surface area contributed by atoms with E-state index < -0.39 is 11.5 Å². The molecule has 153 valence electrons. The van der Waals surface area contributed by atoms with Crippen LogP contribution >= 0.6 is 0 Å². The molecule has 1 N–H and O–H groups in total. The lowest BCUT2D eigenvalue weighted by Gasteiger charge is -2.34. The first kappa shape index (κ1) is 19.6. The zero-order valence-electron chi connectivity index (χ0n) is 17.2. The lowest BCUT2D eigenvalue weighted by atomic mass is 9.72. The Balaban J connectivity index is 1.64. The number of rotatable bonds is 7. The maximum atomic E-state index is 11.9. The summed E-state index contributed by atoms with van der Waals surface area (Å²) in [7, 11) is 1.67. The maximum Gasteiger partial charge on any atom is 0.223 e. The summed E-state index contributed by atoms with van der Waals surface area (Å²) in [5, 5.41) is 10.5. The molecule has 4 rings (SSSR count). The molecule has 1 amide bonds. The van der Waals surface area contributed by atoms with Crippen LogP contribution in [0.1, 0.15) is 51.0 Å². The van der Waals surface area contributed by atoms with Crippen LogP contribution in [0.2, 0.25) is 0 Å². The van der Waals surface area contributed by atoms with Crippen LogP contribution in [-0.4, -0.2) is 48.3 Å². The van der Waals surface area contributed by atoms with E-state index in [1.165, 1.54) is 25.7 Å². The third-order valence-electron chi connectivity index (χ3n) is 7.06. The van der Waals surface area contributed by atoms with Crippen molar-refractivity contribution < 1.29 is 19.4 Å². The maximum absolute atomic E-state index is 11.9. The normalized spacial score (nSPS) is 28.5. The molecule has 2 saturated carbocycles. The SMILES string of the molecule is [CH2]C(=O)N1C[C@@H](c2ccc(OC)c(OC(C3CC3)C3CC3)c2)[C@](C)([C@@H](C)O)C1. The van der Waals surface area contributed by atoms with E-state index in [9.17, 15) is 9.90 Å². The lowest BCUT2D eigenvalue weighted by Crippen LogP contribution is -2.37. The second-order valence-electron chi connectivity index (χ2n) is 9.18. The number of aliphatic hydroxyl groups excluding tert-OH is 1. The Kier molecular flexibility index (Phi) is 5.07. The summed E-state index contributed by atoms with van der Waals surface area (Å²) < 4.78 is 12.1. The summed E-state index contributed by atoms with van der Waals surface area (Å²) in [4.78, 5) is 13.6. The van der Waals surface area contributed by atoms with Crippen LogP contribution in [0.4, 0.5) is 0 Å². The van der Waals surface area contributed by atoms with Gasteiger partial charge in [0.05, 0.1) is 13.2 Å². The fourth-order valence-electron chi connectivity index (χ4n) is 4.69. The molecule has 0 spiro atoms. The van der Waals surface area contributed by atoms with Crippen LogP contribution in [0.15, 0.2) is 18.2 Å². The van der Waals surface area contributed by atoms with Crippen molar-refractivity contribution >= 4 is 5.91 Å². The van der Waals surface area contributed by atoms with Gasteiger partial charge in [-0.15, -0.1) is 0 Å². The third kappa shape index (κ3) is 3.61. The zero-order valence-corrected chi connectivity index (χ0v) is 17.2. The van der Waals surface area contributed by atoms with E-state index in [1.807, 2.05) is 19.1 Å². The molecule has 28 heavy (non-hydrogen) atoms. The number of aliphatic hydroxyl groups is 1. The Morgan fingerprint density at radius 3 is 2.39 bits per heavy atom. The Morgan fingerprint density at radius 2 is 1.89 bits per heavy atom. The summed E-state index contributed by atoms with van der Waals surface area (Å²) in [6.07, 6.45) is 4.77. The summed E-state index contributed by atoms with van der Waals surface area (Å²) in [6.45, 7) is 8.49. The highest BCUT2D eigenvalue weighted by atomic mass is 16.5. The van der Waals surface area contributed by atoms with E-state index in [2.05, 4.69) is 13.0 Å². The molecular weight excluding hydrogens is 354 g/mol. The first-order valence-corrected chi connectivity index (χ1v) is 10.5. The van der Waals surface area contributed by atoms with Crippen LogP contribution in [0.5, 0.6) is 11.5 Å². The van der Waals surface area contributed by atoms with Crippen molar-refractivity contribution in [2.24, 2.45) is 17.3 Å². The van der Waals surface area contributed by atoms with E-state index in [1.54, 1.807) is 18.9 Å². The Hall–Kier alpha value is -1.75. The highest BCUT2D eigenvalue weighted by Crippen LogP contribution is 2.49. The van der Waals surface area contributed by atoms with Crippen molar-refractivity contribution in [2.45, 2.75) is 57.7 Å². The second kappa shape index (κ2) is 7.25. The van der Waals surface area contributed by atoms with Crippen LogP contribution in [0.25, 0.3) is 0 Å². The minimum atomic E-state index is -0.543. The molecule has 0 bridgehead atoms. The fraction of sp³-hybridized carbons (Fsp3) is 0.652. The molecule has 1 aromatic rings. The summed E-state index contributed by atoms with van der Waals surface area (Å²) in [6, 6.07) is 6.06. The quantitative estimate of drug-likeness (QED) is 0.780. The van der Waals surface area contributed by atoms with Gasteiger partial charge >= 0.3 is 0 Å². The van der Waals surface area contributed by atoms with Crippen LogP contribution in [0.3, 0.4) is 0 Å². The molecule has 1 saturated heterocycles. The van der Waals surface area contributed by atoms with E-state index in [-0.39, 0.29) is 17.9 Å². The fourth-order valence-corrected chi connectivity index (χ4v) is 4.69. The molecular formula is C23H32NO4. The largest absolute Gasteiger partial charge is 0.493 e. The predicted octanol–water partition coefficient (Wildman–Crippen LogP) is 3.41. The molecule has 3 fully saturated rings. The topological polar surface area (TPSA) is 59.0 Å². The summed E-state index contributed by atoms with van der Waals surface area (Å²) in [5.74, 6) is 2.71. The number of carbonyl (C=O) groups excluding carboxylic acids is 1. The van der Waals surface area contributed by atoms with Gasteiger partial charge in [-0.2, -0.15) is 0 Å². The molecule has 1 aromatic carbocycles. The van der Waals surface area contributed by atoms with Gasteiger partial charge in [-0.05, 0) is 62.1 Å². The highest BCUT2D eigenvalue weighted by molar-refractivity contribution is 5.80. The minimum absolute atomic E-state index is 0.0201. The minimum Gasteiger partial charge on any atom is -0.493 e. The van der Waals surface area contributed by atoms with Crippen molar-refractivity contribution in [3.05, 3.63) is 30.7 Å². The molecule has 1 aliphatic heterocycles. The van der Waals surface area contributed by atoms with Gasteiger partial charge in [0.25, 0.3) is 0 Å². The first-order chi connectivity index (χ1) is 13.3. The molecule has 1 radical (unpaired) electrons. The van der Waals surface area contributed by atoms with Gasteiger partial charge in [0.1, 0.15) is 6.10 Å². The number of likely N-dealkylation sites (tertiary alicyclic amines) is 1. The third-order valence-corrected chi connectivity index (χ3v) is 7.06. The number of hydrogen-bond acceptors (Lipinski definition) is 4. The number of methoxy groups -OCH3 is 1. The Morgan fingerprint density at radius 1 is 1.25 bits per heavy atom. The molecule has 3 aliphatic rings. The van der Waals surface area contributed by atoms with Gasteiger partial charge in [0.15, 0.2) is 11.5 Å². The van der Waals surface area contributed by atoms with Crippen LogP contribution < -0.4 is 9.47 Å². The van der Waals surface area contributed by atoms with Crippen molar-refractivity contribution in [3.8, 4) is 11.5 Å². The standard InChI is InChI=1S/C23H32NO4/c1-14(25)23(3)13-24(15(2)26)12-19(23)18-9-10-20(27-4)21(11-18)28-22(16-5-6-16)17-7-8-17/h9-11,14,16-17,19,22,25H,2,5-8,12-13H2,1,3-4H3/t14-,19+,23+/m1/s1. The van der Waals surface area contributed by atoms with Gasteiger partial charge in [-0.3, -0.25) is 4.79 Å². The van der Waals surface area contributed by atoms with Gasteiger partial charge in [-0.1, -0.05) is 13.0 Å². The van der Waals surface area contributed by atoms with E-state index >= 15 is 0 Å². The first-order valence-electron chi connectivity index (χ1n) is 10.5. The van der Waals surface area contributed by atoms with Crippen molar-refractivity contribution in [3.63, 3.8) is 0 Å². The molecule has 0 unspecified atom stereocenters. The monoisotopic (exact) mass is 386 g/mol. The van der Waals surface area contributed by atoms with Crippen LogP contribution in [0, 0.1) is 24.2 Å². The molecule has 2 aliphatic carbocycles. The number of benzene rings is 1. The van der Waals surface area contributed by atoms with Gasteiger partial charge in [-0.25, -0.2) is 0 Å². The van der Waals surface area contributed by atoms with E-state index in [0.29, 0.717) is 24.9 Å². The predicted molar refractivity (Wildman–Crippen MR) is 107 cm³/mol. The second-order valence-corrected chi connectivity index (χ2v) is 9.18. The van der Waals surface area contributed by atoms with Gasteiger partial charge in [0, 0.05) is 31.3 Å². The zero-order chi connectivity index (χ0) is 20.1. The molecule has 5 nitrogen and oxygen atoms in total. The Labute approximate surface area is 168 Å². The smallest absolute Gasteiger partial charge is 0.223 e. The van der Waals surface area contributed by atoms with Crippen molar-refractivity contribution in [2.75, 3.05) is 20.2 Å². The number of nitrogens with zero attached hydrogens (tertiary/aromatic N) is 1. The average Bonchev–Trinajstić information content (AvgIpc) is 3.57. The van der Waals surface area contributed by atoms with Crippen molar-refractivity contribution in [1.29, 1.82) is 0 Å². The molecule has 3 atom stereocenters. The number of amides is 1. The van der Waals surface area contributed by atoms with E-state index in [0.717, 1.165) is 17.1 Å². The van der Waals surface area contributed by atoms with Gasteiger partial charge < -0.3 is 19.5 Å². The summed E-state index contributed by atoms with van der Waals surface area (Å²) >= 11 is 0. The Bertz CT molecular complexity index is 728. The van der Waals surface area contributed by atoms with Crippen molar-refractivity contribution in [1.82, 2.24) is 4.90 Å². The highest BCUT2D eigenvalue weighted by Gasteiger charge is 2.48. The molecule has 5 heteroatoms. The number of ether oxygens (including phenoxy) is 2. The number of carbonyl (C=O) groups is 1. The van der Waals surface area contributed by atoms with Crippen LogP contribution in [-0.2, 0) is 4.79 Å². The molecule has 1 heterocycles. The van der Waals surface area contributed by atoms with E-state index in [4.69, 9.17) is 9.47 Å². The number of hydrogen-bond donors (Lipinski definition) is 1. The summed E-state index contributed by atoms with van der Waals surface area (Å²) in [5.41, 5.74) is 0.652. The van der Waals surface area contributed by atoms with Gasteiger partial charge in [0.2, 0.25) is 5.91 Å². The lowest BCUT2D eigenvalue weighted by molar-refractivity contribution is -0.125.